The minimum absolute atomic E-state index is 0.0966. The highest BCUT2D eigenvalue weighted by molar-refractivity contribution is 7.90. The van der Waals surface area contributed by atoms with E-state index in [4.69, 9.17) is 0 Å². The third kappa shape index (κ3) is 22.4. The molecule has 7 fully saturated rings. The molecule has 2 aliphatic carbocycles. The number of aromatic nitrogens is 10. The van der Waals surface area contributed by atoms with Gasteiger partial charge in [-0.05, 0) is 315 Å². The van der Waals surface area contributed by atoms with E-state index in [0.29, 0.717) is 71.9 Å². The van der Waals surface area contributed by atoms with Gasteiger partial charge < -0.3 is 26.6 Å². The first-order chi connectivity index (χ1) is 66.7. The fourth-order valence-electron chi connectivity index (χ4n) is 18.2. The largest absolute Gasteiger partial charge is 0.379 e. The van der Waals surface area contributed by atoms with Crippen molar-refractivity contribution < 1.29 is 42.1 Å². The van der Waals surface area contributed by atoms with Crippen molar-refractivity contribution in [3.05, 3.63) is 273 Å². The van der Waals surface area contributed by atoms with E-state index in [1.165, 1.54) is 14.9 Å². The minimum atomic E-state index is -3.12. The van der Waals surface area contributed by atoms with Crippen molar-refractivity contribution >= 4 is 132 Å². The molecular weight excluding hydrogens is 1850 g/mol. The summed E-state index contributed by atoms with van der Waals surface area (Å²) in [5, 5.41) is 28.0. The molecule has 0 unspecified atom stereocenters. The summed E-state index contributed by atoms with van der Waals surface area (Å²) in [6.45, 7) is 20.6. The van der Waals surface area contributed by atoms with Crippen LogP contribution in [0.15, 0.2) is 238 Å². The summed E-state index contributed by atoms with van der Waals surface area (Å²) in [7, 11) is -15.5. The Hall–Kier alpha value is -12.6. The van der Waals surface area contributed by atoms with Crippen molar-refractivity contribution in [2.45, 2.75) is 135 Å². The highest BCUT2D eigenvalue weighted by Gasteiger charge is 2.46. The van der Waals surface area contributed by atoms with Gasteiger partial charge in [-0.3, -0.25) is 49.8 Å². The van der Waals surface area contributed by atoms with E-state index >= 15 is 0 Å². The van der Waals surface area contributed by atoms with Crippen LogP contribution in [0.25, 0.3) is 109 Å². The molecule has 5 N–H and O–H groups in total. The SMILES string of the molecule is CCCS(=O)(=O)N1CC(Nc2cc(-c3ccnc(C)c3)cc3ccncc23)C1.CCS(=O)(=O)N1CC(Nc2cc(-c3ccnc(C)c3)cc3ccncc23)C1.Cc1cc(-c2cc(NC3CN(S(=O)(=O)C4CC4)C3)c3cnccc3c2)ccn1.Cc1cc(-c2cc(NC3CN(S(=O)(=O)C4CCC4)C3)c3cnccc3c2)ccn1.Cc1cc(-c2cc(NC3CN(S(C)(=O)=O)C3)c3cnccc3c2)cc(C)n1. The van der Waals surface area contributed by atoms with Crippen LogP contribution in [0.5, 0.6) is 0 Å². The van der Waals surface area contributed by atoms with Gasteiger partial charge in [0.25, 0.3) is 0 Å². The Morgan fingerprint density at radius 2 is 0.540 bits per heavy atom. The molecule has 2 saturated carbocycles. The van der Waals surface area contributed by atoms with E-state index in [2.05, 4.69) is 173 Å². The predicted molar refractivity (Wildman–Crippen MR) is 555 cm³/mol. The summed E-state index contributed by atoms with van der Waals surface area (Å²) in [4.78, 5) is 42.9. The lowest BCUT2D eigenvalue weighted by atomic mass is 9.99. The number of aryl methyl sites for hydroxylation is 6. The van der Waals surface area contributed by atoms with Crippen LogP contribution in [0, 0.1) is 41.5 Å². The van der Waals surface area contributed by atoms with E-state index < -0.39 is 50.1 Å². The molecule has 15 heterocycles. The molecule has 0 radical (unpaired) electrons. The molecule has 0 amide bonds. The number of anilines is 5. The van der Waals surface area contributed by atoms with Crippen molar-refractivity contribution in [1.82, 2.24) is 71.4 Å². The van der Waals surface area contributed by atoms with Gasteiger partial charge in [-0.2, -0.15) is 21.5 Å². The summed E-state index contributed by atoms with van der Waals surface area (Å²) < 4.78 is 129. The van der Waals surface area contributed by atoms with Crippen molar-refractivity contribution in [2.75, 3.05) is 110 Å². The van der Waals surface area contributed by atoms with Gasteiger partial charge in [0.15, 0.2) is 0 Å². The highest BCUT2D eigenvalue weighted by Crippen LogP contribution is 2.42. The number of hydrogen-bond donors (Lipinski definition) is 5. The van der Waals surface area contributed by atoms with Crippen molar-refractivity contribution in [1.29, 1.82) is 0 Å². The summed E-state index contributed by atoms with van der Waals surface area (Å²) in [6, 6.07) is 52.3. The Morgan fingerprint density at radius 3 is 0.791 bits per heavy atom. The molecule has 0 spiro atoms. The van der Waals surface area contributed by atoms with Gasteiger partial charge in [-0.1, -0.05) is 13.3 Å². The lowest BCUT2D eigenvalue weighted by Crippen LogP contribution is -2.59. The van der Waals surface area contributed by atoms with E-state index in [1.807, 2.05) is 159 Å². The van der Waals surface area contributed by atoms with Crippen LogP contribution in [0.4, 0.5) is 28.4 Å². The monoisotopic (exact) mass is 1960 g/mol. The average Bonchev–Trinajstić information content (AvgIpc) is 1.74. The second-order valence-electron chi connectivity index (χ2n) is 37.1. The Labute approximate surface area is 812 Å². The van der Waals surface area contributed by atoms with Crippen molar-refractivity contribution in [2.24, 2.45) is 0 Å². The average molecular weight is 1960 g/mol. The van der Waals surface area contributed by atoms with E-state index in [9.17, 15) is 42.1 Å². The maximum Gasteiger partial charge on any atom is 0.217 e. The van der Waals surface area contributed by atoms with Gasteiger partial charge in [0.2, 0.25) is 50.1 Å². The molecule has 15 aromatic rings. The normalized spacial score (nSPS) is 16.7. The first kappa shape index (κ1) is 96.7. The minimum Gasteiger partial charge on any atom is -0.379 e. The standard InChI is InChI=1S/C22H24N4O2S.C21H22N4O2S.C21H24N4O2S.2C20H22N4O2S/c1-15-9-16(6-8-24-15)18-10-17-5-7-23-12-21(17)22(11-18)25-19-13-26(14-19)29(27,28)20-3-2-4-20;1-14-8-15(5-7-23-14)17-9-16-4-6-22-11-20(16)21(10-17)24-18-12-25(13-18)28(26,27)19-2-3-19;1-3-8-28(26,27)25-13-19(14-25)24-21-11-18(16-5-7-23-15(2)9-16)10-17-4-6-22-12-20(17)21;1-13-6-16(7-14(2)22-13)17-8-15-4-5-21-10-19(15)20(9-17)23-18-11-24(12-18)27(3,25)26;1-3-27(25,26)24-12-18(13-24)23-20-10-17(15-5-7-22-14(2)8-15)9-16-4-6-21-11-19(16)20/h5-12,19-20,25H,2-4,13-14H2,1H3;4-11,18-19,24H,2-3,12-13H2,1H3;4-7,9-12,19,24H,3,8,13-14H2,1-2H3;4-10,18,23H,11-12H2,1-3H3;4-11,18,23H,3,12-13H2,1-2H3. The Kier molecular flexibility index (Phi) is 28.3. The maximum absolute atomic E-state index is 12.6. The number of benzene rings is 5. The first-order valence-electron chi connectivity index (χ1n) is 47.0. The Balaban J connectivity index is 0.000000115. The summed E-state index contributed by atoms with van der Waals surface area (Å²) in [6.07, 6.45) is 31.6. The molecule has 5 saturated heterocycles. The van der Waals surface area contributed by atoms with Gasteiger partial charge in [0, 0.05) is 242 Å². The summed E-state index contributed by atoms with van der Waals surface area (Å²) in [5.41, 5.74) is 21.8. The van der Waals surface area contributed by atoms with Crippen molar-refractivity contribution in [3.63, 3.8) is 0 Å². The van der Waals surface area contributed by atoms with E-state index in [-0.39, 0.29) is 52.2 Å². The van der Waals surface area contributed by atoms with Gasteiger partial charge in [-0.15, -0.1) is 0 Å². The lowest BCUT2D eigenvalue weighted by molar-refractivity contribution is 0.270. The van der Waals surface area contributed by atoms with Crippen molar-refractivity contribution in [3.8, 4) is 55.6 Å². The number of sulfonamides is 5. The van der Waals surface area contributed by atoms with Gasteiger partial charge in [-0.25, -0.2) is 42.1 Å². The highest BCUT2D eigenvalue weighted by atomic mass is 32.2. The summed E-state index contributed by atoms with van der Waals surface area (Å²) >= 11 is 0. The zero-order chi connectivity index (χ0) is 97.2. The fraction of sp³-hybridized carbons (Fsp3) is 0.327. The molecular formula is C104H114N20O10S5. The Bertz CT molecular complexity index is 7730. The van der Waals surface area contributed by atoms with Crippen LogP contribution in [-0.4, -0.2) is 237 Å². The predicted octanol–water partition coefficient (Wildman–Crippen LogP) is 16.2. The molecule has 139 heavy (non-hydrogen) atoms. The molecule has 30 nitrogen and oxygen atoms in total. The van der Waals surface area contributed by atoms with E-state index in [0.717, 1.165) is 204 Å². The number of hydrogen-bond acceptors (Lipinski definition) is 25. The van der Waals surface area contributed by atoms with Gasteiger partial charge in [0.05, 0.1) is 58.5 Å². The second kappa shape index (κ2) is 40.7. The molecule has 22 rings (SSSR count). The number of fused-ring (bicyclic) bond motifs is 5. The number of nitrogens with zero attached hydrogens (tertiary/aromatic N) is 15. The number of nitrogens with one attached hydrogen (secondary N) is 5. The van der Waals surface area contributed by atoms with E-state index in [1.54, 1.807) is 50.8 Å². The molecule has 5 aliphatic heterocycles. The summed E-state index contributed by atoms with van der Waals surface area (Å²) in [5.74, 6) is 0.354. The van der Waals surface area contributed by atoms with Crippen LogP contribution in [0.3, 0.4) is 0 Å². The number of rotatable bonds is 25. The second-order valence-corrected chi connectivity index (χ2v) is 47.9. The van der Waals surface area contributed by atoms with Crippen LogP contribution >= 0.6 is 0 Å². The third-order valence-corrected chi connectivity index (χ3v) is 36.1. The zero-order valence-electron chi connectivity index (χ0n) is 79.1. The molecule has 10 aromatic heterocycles. The maximum atomic E-state index is 12.6. The fourth-order valence-corrected chi connectivity index (χ4v) is 26.0. The number of pyridine rings is 10. The molecule has 0 atom stereocenters. The Morgan fingerprint density at radius 1 is 0.288 bits per heavy atom. The topological polar surface area (TPSA) is 376 Å². The molecule has 5 aromatic carbocycles. The molecule has 35 heteroatoms. The molecule has 720 valence electrons. The molecule has 0 bridgehead atoms. The first-order valence-corrected chi connectivity index (χ1v) is 55.1. The molecule has 7 aliphatic rings. The van der Waals surface area contributed by atoms with Gasteiger partial charge in [0.1, 0.15) is 0 Å². The van der Waals surface area contributed by atoms with Crippen LogP contribution in [0.1, 0.15) is 86.5 Å². The third-order valence-electron chi connectivity index (χ3n) is 26.4. The van der Waals surface area contributed by atoms with Gasteiger partial charge >= 0.3 is 0 Å². The van der Waals surface area contributed by atoms with Crippen LogP contribution in [-0.2, 0) is 50.1 Å². The zero-order valence-corrected chi connectivity index (χ0v) is 83.2. The van der Waals surface area contributed by atoms with Crippen LogP contribution in [0.2, 0.25) is 0 Å². The van der Waals surface area contributed by atoms with Crippen LogP contribution < -0.4 is 26.6 Å². The smallest absolute Gasteiger partial charge is 0.217 e. The quantitative estimate of drug-likeness (QED) is 0.0355. The lowest BCUT2D eigenvalue weighted by Gasteiger charge is -2.42.